The van der Waals surface area contributed by atoms with Gasteiger partial charge in [0.15, 0.2) is 0 Å². The van der Waals surface area contributed by atoms with Crippen LogP contribution in [-0.2, 0) is 4.79 Å². The molecule has 0 radical (unpaired) electrons. The smallest absolute Gasteiger partial charge is 0.287 e. The number of benzene rings is 3. The highest BCUT2D eigenvalue weighted by Crippen LogP contribution is 2.26. The summed E-state index contributed by atoms with van der Waals surface area (Å²) in [6.45, 7) is 0. The topological polar surface area (TPSA) is 152 Å². The molecule has 0 spiro atoms. The number of non-ortho nitro benzene ring substituents is 1. The molecule has 11 nitrogen and oxygen atoms in total. The van der Waals surface area contributed by atoms with Gasteiger partial charge in [0, 0.05) is 34.9 Å². The predicted molar refractivity (Wildman–Crippen MR) is 132 cm³/mol. The second-order valence-corrected chi connectivity index (χ2v) is 7.19. The highest BCUT2D eigenvalue weighted by molar-refractivity contribution is 6.05. The van der Waals surface area contributed by atoms with Gasteiger partial charge < -0.3 is 19.9 Å². The van der Waals surface area contributed by atoms with Crippen molar-refractivity contribution < 1.29 is 29.1 Å². The van der Waals surface area contributed by atoms with Crippen LogP contribution in [0.15, 0.2) is 77.5 Å². The number of hydrogen-bond acceptors (Lipinski definition) is 8. The molecule has 0 aliphatic carbocycles. The fourth-order valence-electron chi connectivity index (χ4n) is 3.02. The number of ether oxygens (including phenoxy) is 2. The van der Waals surface area contributed by atoms with Crippen LogP contribution in [0, 0.1) is 10.1 Å². The Hall–Kier alpha value is -5.19. The highest BCUT2D eigenvalue weighted by atomic mass is 16.6. The molecular weight excluding hydrogens is 468 g/mol. The Kier molecular flexibility index (Phi) is 8.33. The standard InChI is InChI=1S/C25H22N4O7/c1-35-20-10-8-17(23(14-20)36-2)13-21(27-24(31)16-6-4-3-5-7-16)25(32)28-26-15-18-12-19(29(33)34)9-11-22(18)30/h3-15,30H,1-2H3,(H,27,31)(H,28,32). The molecule has 3 aromatic rings. The number of hydrazone groups is 1. The second kappa shape index (κ2) is 11.8. The van der Waals surface area contributed by atoms with Gasteiger partial charge in [0.25, 0.3) is 17.5 Å². The van der Waals surface area contributed by atoms with Gasteiger partial charge in [-0.2, -0.15) is 5.10 Å². The molecule has 0 fully saturated rings. The van der Waals surface area contributed by atoms with Crippen molar-refractivity contribution in [2.75, 3.05) is 14.2 Å². The first-order valence-electron chi connectivity index (χ1n) is 10.4. The van der Waals surface area contributed by atoms with E-state index in [1.807, 2.05) is 0 Å². The molecule has 0 aliphatic rings. The van der Waals surface area contributed by atoms with Crippen LogP contribution < -0.4 is 20.2 Å². The molecule has 3 aromatic carbocycles. The fourth-order valence-corrected chi connectivity index (χ4v) is 3.02. The second-order valence-electron chi connectivity index (χ2n) is 7.19. The molecular formula is C25H22N4O7. The lowest BCUT2D eigenvalue weighted by atomic mass is 10.1. The maximum atomic E-state index is 12.9. The SMILES string of the molecule is COc1ccc(C=C(NC(=O)c2ccccc2)C(=O)NN=Cc2cc([N+](=O)[O-])ccc2O)c(OC)c1. The van der Waals surface area contributed by atoms with Crippen molar-refractivity contribution in [2.45, 2.75) is 0 Å². The van der Waals surface area contributed by atoms with Crippen molar-refractivity contribution >= 4 is 29.8 Å². The number of phenolic OH excluding ortho intramolecular Hbond substituents is 1. The van der Waals surface area contributed by atoms with E-state index in [2.05, 4.69) is 15.8 Å². The van der Waals surface area contributed by atoms with Crippen LogP contribution in [-0.4, -0.2) is 42.3 Å². The number of nitro benzene ring substituents is 1. The summed E-state index contributed by atoms with van der Waals surface area (Å²) in [5.74, 6) is -0.680. The number of amides is 2. The Labute approximate surface area is 205 Å². The van der Waals surface area contributed by atoms with Gasteiger partial charge in [-0.05, 0) is 36.4 Å². The first-order chi connectivity index (χ1) is 17.3. The summed E-state index contributed by atoms with van der Waals surface area (Å²) >= 11 is 0. The van der Waals surface area contributed by atoms with Crippen molar-refractivity contribution in [3.8, 4) is 17.2 Å². The molecule has 0 atom stereocenters. The number of methoxy groups -OCH3 is 2. The number of carbonyl (C=O) groups is 2. The van der Waals surface area contributed by atoms with Gasteiger partial charge in [-0.25, -0.2) is 5.43 Å². The van der Waals surface area contributed by atoms with E-state index < -0.39 is 16.7 Å². The molecule has 184 valence electrons. The fraction of sp³-hybridized carbons (Fsp3) is 0.0800. The number of hydrogen-bond donors (Lipinski definition) is 3. The van der Waals surface area contributed by atoms with Crippen LogP contribution in [0.3, 0.4) is 0 Å². The Morgan fingerprint density at radius 3 is 2.42 bits per heavy atom. The summed E-state index contributed by atoms with van der Waals surface area (Å²) in [5, 5.41) is 27.2. The zero-order chi connectivity index (χ0) is 26.1. The van der Waals surface area contributed by atoms with E-state index in [9.17, 15) is 24.8 Å². The lowest BCUT2D eigenvalue weighted by Gasteiger charge is -2.11. The first-order valence-corrected chi connectivity index (χ1v) is 10.4. The largest absolute Gasteiger partial charge is 0.507 e. The zero-order valence-electron chi connectivity index (χ0n) is 19.3. The van der Waals surface area contributed by atoms with Crippen molar-refractivity contribution in [2.24, 2.45) is 5.10 Å². The summed E-state index contributed by atoms with van der Waals surface area (Å²) in [6, 6.07) is 16.6. The van der Waals surface area contributed by atoms with Crippen LogP contribution in [0.5, 0.6) is 17.2 Å². The molecule has 2 amide bonds. The van der Waals surface area contributed by atoms with Gasteiger partial charge in [0.05, 0.1) is 25.4 Å². The molecule has 0 saturated heterocycles. The van der Waals surface area contributed by atoms with E-state index in [4.69, 9.17) is 9.47 Å². The molecule has 0 saturated carbocycles. The van der Waals surface area contributed by atoms with Crippen LogP contribution >= 0.6 is 0 Å². The van der Waals surface area contributed by atoms with Crippen LogP contribution in [0.1, 0.15) is 21.5 Å². The van der Waals surface area contributed by atoms with Gasteiger partial charge >= 0.3 is 0 Å². The quantitative estimate of drug-likeness (QED) is 0.180. The van der Waals surface area contributed by atoms with Gasteiger partial charge in [-0.15, -0.1) is 0 Å². The molecule has 0 aliphatic heterocycles. The van der Waals surface area contributed by atoms with Crippen molar-refractivity contribution in [1.82, 2.24) is 10.7 Å². The molecule has 0 unspecified atom stereocenters. The number of aromatic hydroxyl groups is 1. The minimum Gasteiger partial charge on any atom is -0.507 e. The molecule has 36 heavy (non-hydrogen) atoms. The van der Waals surface area contributed by atoms with E-state index in [1.54, 1.807) is 48.5 Å². The Bertz CT molecular complexity index is 1340. The van der Waals surface area contributed by atoms with Crippen molar-refractivity contribution in [3.63, 3.8) is 0 Å². The molecule has 3 rings (SSSR count). The lowest BCUT2D eigenvalue weighted by Crippen LogP contribution is -2.32. The van der Waals surface area contributed by atoms with Gasteiger partial charge in [-0.1, -0.05) is 18.2 Å². The average molecular weight is 490 g/mol. The number of nitro groups is 1. The van der Waals surface area contributed by atoms with E-state index in [1.165, 1.54) is 20.3 Å². The third kappa shape index (κ3) is 6.44. The normalized spacial score (nSPS) is 11.1. The number of nitrogens with one attached hydrogen (secondary N) is 2. The number of rotatable bonds is 9. The average Bonchev–Trinajstić information content (AvgIpc) is 2.89. The van der Waals surface area contributed by atoms with Crippen molar-refractivity contribution in [1.29, 1.82) is 0 Å². The van der Waals surface area contributed by atoms with Gasteiger partial charge in [-0.3, -0.25) is 19.7 Å². The summed E-state index contributed by atoms with van der Waals surface area (Å²) in [7, 11) is 2.95. The number of phenols is 1. The van der Waals surface area contributed by atoms with Gasteiger partial charge in [0.1, 0.15) is 22.9 Å². The third-order valence-electron chi connectivity index (χ3n) is 4.86. The van der Waals surface area contributed by atoms with Crippen molar-refractivity contribution in [3.05, 3.63) is 99.2 Å². The zero-order valence-corrected chi connectivity index (χ0v) is 19.3. The maximum Gasteiger partial charge on any atom is 0.287 e. The third-order valence-corrected chi connectivity index (χ3v) is 4.86. The molecule has 11 heteroatoms. The van der Waals surface area contributed by atoms with E-state index in [0.29, 0.717) is 22.6 Å². The number of nitrogens with zero attached hydrogens (tertiary/aromatic N) is 2. The first kappa shape index (κ1) is 25.4. The minimum atomic E-state index is -0.793. The van der Waals surface area contributed by atoms with E-state index in [0.717, 1.165) is 24.4 Å². The monoisotopic (exact) mass is 490 g/mol. The maximum absolute atomic E-state index is 12.9. The van der Waals surface area contributed by atoms with Crippen LogP contribution in [0.4, 0.5) is 5.69 Å². The Balaban J connectivity index is 1.90. The summed E-state index contributed by atoms with van der Waals surface area (Å²) in [5.41, 5.74) is 2.63. The lowest BCUT2D eigenvalue weighted by molar-refractivity contribution is -0.384. The highest BCUT2D eigenvalue weighted by Gasteiger charge is 2.16. The molecule has 0 aromatic heterocycles. The molecule has 0 heterocycles. The van der Waals surface area contributed by atoms with Crippen LogP contribution in [0.25, 0.3) is 6.08 Å². The summed E-state index contributed by atoms with van der Waals surface area (Å²) in [6.07, 6.45) is 2.44. The number of carbonyl (C=O) groups excluding carboxylic acids is 2. The summed E-state index contributed by atoms with van der Waals surface area (Å²) in [4.78, 5) is 36.0. The van der Waals surface area contributed by atoms with E-state index >= 15 is 0 Å². The molecule has 3 N–H and O–H groups in total. The Morgan fingerprint density at radius 2 is 1.75 bits per heavy atom. The predicted octanol–water partition coefficient (Wildman–Crippen LogP) is 3.24. The Morgan fingerprint density at radius 1 is 1.00 bits per heavy atom. The minimum absolute atomic E-state index is 0.0141. The summed E-state index contributed by atoms with van der Waals surface area (Å²) < 4.78 is 10.5. The molecule has 0 bridgehead atoms. The van der Waals surface area contributed by atoms with E-state index in [-0.39, 0.29) is 22.7 Å². The van der Waals surface area contributed by atoms with Gasteiger partial charge in [0.2, 0.25) is 0 Å². The van der Waals surface area contributed by atoms with Crippen LogP contribution in [0.2, 0.25) is 0 Å².